The summed E-state index contributed by atoms with van der Waals surface area (Å²) in [7, 11) is 2.09. The van der Waals surface area contributed by atoms with E-state index < -0.39 is 0 Å². The van der Waals surface area contributed by atoms with E-state index in [1.54, 1.807) is 0 Å². The summed E-state index contributed by atoms with van der Waals surface area (Å²) in [5.74, 6) is 0.836. The molecule has 2 atom stereocenters. The molecule has 1 aromatic carbocycles. The molecule has 2 unspecified atom stereocenters. The highest BCUT2D eigenvalue weighted by Crippen LogP contribution is 2.20. The molecule has 2 rings (SSSR count). The van der Waals surface area contributed by atoms with E-state index in [-0.39, 0.29) is 0 Å². The minimum absolute atomic E-state index is 0.655. The predicted octanol–water partition coefficient (Wildman–Crippen LogP) is 3.33. The zero-order valence-corrected chi connectivity index (χ0v) is 13.1. The fraction of sp³-hybridized carbons (Fsp3) is 0.667. The molecule has 2 nitrogen and oxygen atoms in total. The summed E-state index contributed by atoms with van der Waals surface area (Å²) in [5.41, 5.74) is 1.48. The van der Waals surface area contributed by atoms with Crippen LogP contribution in [0.25, 0.3) is 0 Å². The van der Waals surface area contributed by atoms with Gasteiger partial charge in [-0.05, 0) is 70.6 Å². The second kappa shape index (κ2) is 8.43. The van der Waals surface area contributed by atoms with Crippen LogP contribution >= 0.6 is 0 Å². The summed E-state index contributed by atoms with van der Waals surface area (Å²) >= 11 is 0. The highest BCUT2D eigenvalue weighted by molar-refractivity contribution is 5.14. The van der Waals surface area contributed by atoms with Crippen molar-refractivity contribution >= 4 is 0 Å². The molecule has 1 aliphatic heterocycles. The van der Waals surface area contributed by atoms with Gasteiger partial charge in [0.15, 0.2) is 0 Å². The molecule has 1 aromatic rings. The largest absolute Gasteiger partial charge is 0.317 e. The van der Waals surface area contributed by atoms with Crippen LogP contribution in [0.3, 0.4) is 0 Å². The van der Waals surface area contributed by atoms with E-state index in [9.17, 15) is 0 Å². The Kier molecular flexibility index (Phi) is 6.55. The van der Waals surface area contributed by atoms with Gasteiger partial charge in [0.2, 0.25) is 0 Å². The van der Waals surface area contributed by atoms with Crippen molar-refractivity contribution in [1.82, 2.24) is 10.2 Å². The van der Waals surface area contributed by atoms with Crippen LogP contribution in [0.15, 0.2) is 30.3 Å². The topological polar surface area (TPSA) is 15.3 Å². The molecule has 1 fully saturated rings. The molecule has 20 heavy (non-hydrogen) atoms. The molecule has 1 saturated heterocycles. The molecule has 1 heterocycles. The standard InChI is InChI=1S/C18H30N2/c1-16(19-2)18-12-8-14-20(15-18)13-7-6-11-17-9-4-3-5-10-17/h3-5,9-10,16,18-19H,6-8,11-15H2,1-2H3. The lowest BCUT2D eigenvalue weighted by atomic mass is 9.91. The number of rotatable bonds is 7. The van der Waals surface area contributed by atoms with Crippen molar-refractivity contribution < 1.29 is 0 Å². The van der Waals surface area contributed by atoms with Crippen molar-refractivity contribution in [1.29, 1.82) is 0 Å². The summed E-state index contributed by atoms with van der Waals surface area (Å²) in [4.78, 5) is 2.67. The van der Waals surface area contributed by atoms with Gasteiger partial charge in [0.05, 0.1) is 0 Å². The van der Waals surface area contributed by atoms with Gasteiger partial charge in [0.25, 0.3) is 0 Å². The normalized spacial score (nSPS) is 21.8. The van der Waals surface area contributed by atoms with Gasteiger partial charge in [-0.1, -0.05) is 30.3 Å². The van der Waals surface area contributed by atoms with E-state index in [1.807, 2.05) is 0 Å². The molecule has 112 valence electrons. The predicted molar refractivity (Wildman–Crippen MR) is 87.1 cm³/mol. The third-order valence-corrected chi connectivity index (χ3v) is 4.74. The monoisotopic (exact) mass is 274 g/mol. The average molecular weight is 274 g/mol. The average Bonchev–Trinajstić information content (AvgIpc) is 2.52. The maximum Gasteiger partial charge on any atom is 0.00762 e. The van der Waals surface area contributed by atoms with Crippen LogP contribution in [-0.2, 0) is 6.42 Å². The molecule has 0 aromatic heterocycles. The first-order chi connectivity index (χ1) is 9.79. The van der Waals surface area contributed by atoms with Gasteiger partial charge in [0, 0.05) is 12.6 Å². The molecule has 0 bridgehead atoms. The number of likely N-dealkylation sites (tertiary alicyclic amines) is 1. The van der Waals surface area contributed by atoms with Crippen molar-refractivity contribution in [3.63, 3.8) is 0 Å². The first-order valence-corrected chi connectivity index (χ1v) is 8.23. The fourth-order valence-electron chi connectivity index (χ4n) is 3.25. The van der Waals surface area contributed by atoms with Crippen LogP contribution in [0.2, 0.25) is 0 Å². The SMILES string of the molecule is CNC(C)C1CCCN(CCCCc2ccccc2)C1. The van der Waals surface area contributed by atoms with Gasteiger partial charge in [-0.25, -0.2) is 0 Å². The molecule has 0 aliphatic carbocycles. The lowest BCUT2D eigenvalue weighted by Gasteiger charge is -2.35. The number of hydrogen-bond acceptors (Lipinski definition) is 2. The third-order valence-electron chi connectivity index (χ3n) is 4.74. The first kappa shape index (κ1) is 15.5. The van der Waals surface area contributed by atoms with E-state index in [0.29, 0.717) is 6.04 Å². The van der Waals surface area contributed by atoms with Gasteiger partial charge >= 0.3 is 0 Å². The Balaban J connectivity index is 1.64. The summed E-state index contributed by atoms with van der Waals surface area (Å²) in [6.45, 7) is 6.19. The molecule has 1 N–H and O–H groups in total. The van der Waals surface area contributed by atoms with E-state index in [1.165, 1.54) is 57.3 Å². The van der Waals surface area contributed by atoms with Gasteiger partial charge in [0.1, 0.15) is 0 Å². The molecular weight excluding hydrogens is 244 g/mol. The maximum atomic E-state index is 3.42. The van der Waals surface area contributed by atoms with Crippen LogP contribution < -0.4 is 5.32 Å². The van der Waals surface area contributed by atoms with Crippen molar-refractivity contribution in [3.8, 4) is 0 Å². The van der Waals surface area contributed by atoms with Crippen LogP contribution in [0.5, 0.6) is 0 Å². The van der Waals surface area contributed by atoms with E-state index >= 15 is 0 Å². The Bertz CT molecular complexity index is 363. The minimum atomic E-state index is 0.655. The number of piperidine rings is 1. The third kappa shape index (κ3) is 4.92. The van der Waals surface area contributed by atoms with Gasteiger partial charge in [-0.2, -0.15) is 0 Å². The Labute approximate surface area is 124 Å². The highest BCUT2D eigenvalue weighted by Gasteiger charge is 2.23. The van der Waals surface area contributed by atoms with E-state index in [2.05, 4.69) is 54.5 Å². The van der Waals surface area contributed by atoms with Gasteiger partial charge in [-0.3, -0.25) is 0 Å². The van der Waals surface area contributed by atoms with E-state index in [0.717, 1.165) is 5.92 Å². The van der Waals surface area contributed by atoms with Crippen LogP contribution in [-0.4, -0.2) is 37.6 Å². The van der Waals surface area contributed by atoms with Crippen LogP contribution in [0, 0.1) is 5.92 Å². The fourth-order valence-corrected chi connectivity index (χ4v) is 3.25. The number of hydrogen-bond donors (Lipinski definition) is 1. The maximum absolute atomic E-state index is 3.42. The smallest absolute Gasteiger partial charge is 0.00762 e. The minimum Gasteiger partial charge on any atom is -0.317 e. The molecular formula is C18H30N2. The molecule has 0 amide bonds. The van der Waals surface area contributed by atoms with Crippen LogP contribution in [0.1, 0.15) is 38.2 Å². The van der Waals surface area contributed by atoms with Crippen molar-refractivity contribution in [2.24, 2.45) is 5.92 Å². The second-order valence-corrected chi connectivity index (χ2v) is 6.22. The number of benzene rings is 1. The first-order valence-electron chi connectivity index (χ1n) is 8.23. The number of aryl methyl sites for hydroxylation is 1. The van der Waals surface area contributed by atoms with E-state index in [4.69, 9.17) is 0 Å². The Morgan fingerprint density at radius 3 is 2.80 bits per heavy atom. The summed E-state index contributed by atoms with van der Waals surface area (Å²) < 4.78 is 0. The molecule has 0 radical (unpaired) electrons. The summed E-state index contributed by atoms with van der Waals surface area (Å²) in [6, 6.07) is 11.5. The Hall–Kier alpha value is -0.860. The summed E-state index contributed by atoms with van der Waals surface area (Å²) in [6.07, 6.45) is 6.63. The quantitative estimate of drug-likeness (QED) is 0.767. The molecule has 2 heteroatoms. The Morgan fingerprint density at radius 2 is 2.05 bits per heavy atom. The second-order valence-electron chi connectivity index (χ2n) is 6.22. The van der Waals surface area contributed by atoms with Gasteiger partial charge < -0.3 is 10.2 Å². The number of nitrogens with zero attached hydrogens (tertiary/aromatic N) is 1. The number of nitrogens with one attached hydrogen (secondary N) is 1. The van der Waals surface area contributed by atoms with Gasteiger partial charge in [-0.15, -0.1) is 0 Å². The zero-order chi connectivity index (χ0) is 14.2. The van der Waals surface area contributed by atoms with Crippen molar-refractivity contribution in [2.45, 2.75) is 45.1 Å². The molecule has 1 aliphatic rings. The van der Waals surface area contributed by atoms with Crippen molar-refractivity contribution in [3.05, 3.63) is 35.9 Å². The highest BCUT2D eigenvalue weighted by atomic mass is 15.1. The van der Waals surface area contributed by atoms with Crippen LogP contribution in [0.4, 0.5) is 0 Å². The zero-order valence-electron chi connectivity index (χ0n) is 13.1. The number of unbranched alkanes of at least 4 members (excludes halogenated alkanes) is 1. The lowest BCUT2D eigenvalue weighted by Crippen LogP contribution is -2.43. The molecule has 0 saturated carbocycles. The summed E-state index contributed by atoms with van der Waals surface area (Å²) in [5, 5.41) is 3.42. The lowest BCUT2D eigenvalue weighted by molar-refractivity contribution is 0.151. The van der Waals surface area contributed by atoms with Crippen molar-refractivity contribution in [2.75, 3.05) is 26.7 Å². The Morgan fingerprint density at radius 1 is 1.25 bits per heavy atom. The molecule has 0 spiro atoms.